The molecule has 1 aliphatic rings. The van der Waals surface area contributed by atoms with E-state index in [0.29, 0.717) is 12.2 Å². The predicted molar refractivity (Wildman–Crippen MR) is 98.1 cm³/mol. The summed E-state index contributed by atoms with van der Waals surface area (Å²) in [5.74, 6) is -1.67. The Morgan fingerprint density at radius 3 is 2.38 bits per heavy atom. The number of Topliss-reactive ketones (excluding diaryl/α,β-unsaturated/α-hetero) is 1. The van der Waals surface area contributed by atoms with Crippen LogP contribution in [-0.2, 0) is 25.5 Å². The zero-order valence-electron chi connectivity index (χ0n) is 16.9. The van der Waals surface area contributed by atoms with Gasteiger partial charge in [-0.15, -0.1) is 13.2 Å². The van der Waals surface area contributed by atoms with Gasteiger partial charge in [0, 0.05) is 24.8 Å². The van der Waals surface area contributed by atoms with Crippen LogP contribution >= 0.6 is 0 Å². The SMILES string of the molecule is CC1(C)OCC(C)(C)[C@H](C(=O)NCCC(=O)Cc2ccc(OC(F)(F)F)cc2)O1. The fraction of sp³-hybridized carbons (Fsp3) is 0.600. The highest BCUT2D eigenvalue weighted by molar-refractivity contribution is 5.84. The van der Waals surface area contributed by atoms with E-state index in [-0.39, 0.29) is 36.8 Å². The lowest BCUT2D eigenvalue weighted by Crippen LogP contribution is -2.56. The zero-order valence-corrected chi connectivity index (χ0v) is 16.9. The Hall–Kier alpha value is -2.13. The van der Waals surface area contributed by atoms with Crippen molar-refractivity contribution in [3.8, 4) is 5.75 Å². The molecule has 1 fully saturated rings. The summed E-state index contributed by atoms with van der Waals surface area (Å²) >= 11 is 0. The van der Waals surface area contributed by atoms with Gasteiger partial charge >= 0.3 is 6.36 Å². The molecule has 0 aromatic heterocycles. The summed E-state index contributed by atoms with van der Waals surface area (Å²) in [6.07, 6.45) is -5.32. The Morgan fingerprint density at radius 2 is 1.79 bits per heavy atom. The Bertz CT molecular complexity index is 729. The number of carbonyl (C=O) groups excluding carboxylic acids is 2. The molecule has 0 aliphatic carbocycles. The lowest BCUT2D eigenvalue weighted by Gasteiger charge is -2.44. The molecular formula is C20H26F3NO5. The molecule has 0 bridgehead atoms. The molecule has 1 saturated heterocycles. The molecule has 162 valence electrons. The minimum absolute atomic E-state index is 0.0501. The molecule has 29 heavy (non-hydrogen) atoms. The molecule has 0 radical (unpaired) electrons. The predicted octanol–water partition coefficient (Wildman–Crippen LogP) is 3.38. The van der Waals surface area contributed by atoms with E-state index in [1.165, 1.54) is 12.1 Å². The van der Waals surface area contributed by atoms with Gasteiger partial charge < -0.3 is 19.5 Å². The van der Waals surface area contributed by atoms with E-state index >= 15 is 0 Å². The standard InChI is InChI=1S/C20H26F3NO5/c1-18(2)12-27-19(3,4)29-16(18)17(26)24-10-9-14(25)11-13-5-7-15(8-6-13)28-20(21,22)23/h5-8,16H,9-12H2,1-4H3,(H,24,26)/t16-/m0/s1. The van der Waals surface area contributed by atoms with Crippen molar-refractivity contribution in [1.29, 1.82) is 0 Å². The monoisotopic (exact) mass is 417 g/mol. The highest BCUT2D eigenvalue weighted by Gasteiger charge is 2.45. The molecule has 0 saturated carbocycles. The van der Waals surface area contributed by atoms with E-state index in [1.54, 1.807) is 13.8 Å². The third-order valence-corrected chi connectivity index (χ3v) is 4.40. The van der Waals surface area contributed by atoms with Crippen LogP contribution < -0.4 is 10.1 Å². The number of benzene rings is 1. The number of halogens is 3. The first-order valence-electron chi connectivity index (χ1n) is 9.23. The van der Waals surface area contributed by atoms with Crippen LogP contribution in [0.25, 0.3) is 0 Å². The normalized spacial score (nSPS) is 20.7. The van der Waals surface area contributed by atoms with Crippen molar-refractivity contribution in [3.63, 3.8) is 0 Å². The van der Waals surface area contributed by atoms with Crippen molar-refractivity contribution in [2.75, 3.05) is 13.2 Å². The van der Waals surface area contributed by atoms with Crippen molar-refractivity contribution in [2.45, 2.75) is 58.8 Å². The van der Waals surface area contributed by atoms with E-state index in [2.05, 4.69) is 10.1 Å². The average molecular weight is 417 g/mol. The number of ether oxygens (including phenoxy) is 3. The fourth-order valence-corrected chi connectivity index (χ4v) is 2.86. The van der Waals surface area contributed by atoms with E-state index < -0.39 is 23.7 Å². The summed E-state index contributed by atoms with van der Waals surface area (Å²) in [5.41, 5.74) is 0.0515. The second-order valence-electron chi connectivity index (χ2n) is 8.12. The van der Waals surface area contributed by atoms with E-state index in [0.717, 1.165) is 12.1 Å². The summed E-state index contributed by atoms with van der Waals surface area (Å²) in [7, 11) is 0. The number of amides is 1. The van der Waals surface area contributed by atoms with Gasteiger partial charge in [0.1, 0.15) is 17.6 Å². The quantitative estimate of drug-likeness (QED) is 0.736. The third-order valence-electron chi connectivity index (χ3n) is 4.40. The van der Waals surface area contributed by atoms with E-state index in [1.807, 2.05) is 13.8 Å². The van der Waals surface area contributed by atoms with Gasteiger partial charge in [0.15, 0.2) is 5.79 Å². The van der Waals surface area contributed by atoms with Gasteiger partial charge in [-0.3, -0.25) is 9.59 Å². The van der Waals surface area contributed by atoms with Crippen LogP contribution in [0, 0.1) is 5.41 Å². The second-order valence-corrected chi connectivity index (χ2v) is 8.12. The van der Waals surface area contributed by atoms with Crippen molar-refractivity contribution < 1.29 is 37.0 Å². The first-order chi connectivity index (χ1) is 13.3. The topological polar surface area (TPSA) is 73.9 Å². The molecule has 1 heterocycles. The largest absolute Gasteiger partial charge is 0.573 e. The Kier molecular flexibility index (Phi) is 6.95. The minimum Gasteiger partial charge on any atom is -0.406 e. The molecule has 1 aromatic rings. The van der Waals surface area contributed by atoms with Gasteiger partial charge in [0.25, 0.3) is 0 Å². The molecule has 1 atom stereocenters. The number of hydrogen-bond acceptors (Lipinski definition) is 5. The highest BCUT2D eigenvalue weighted by Crippen LogP contribution is 2.34. The van der Waals surface area contributed by atoms with Crippen molar-refractivity contribution in [3.05, 3.63) is 29.8 Å². The molecule has 0 spiro atoms. The van der Waals surface area contributed by atoms with Gasteiger partial charge in [-0.1, -0.05) is 26.0 Å². The van der Waals surface area contributed by atoms with Crippen molar-refractivity contribution in [2.24, 2.45) is 5.41 Å². The zero-order chi connectivity index (χ0) is 21.9. The second kappa shape index (κ2) is 8.71. The summed E-state index contributed by atoms with van der Waals surface area (Å²) in [6, 6.07) is 5.12. The van der Waals surface area contributed by atoms with Crippen molar-refractivity contribution >= 4 is 11.7 Å². The number of rotatable bonds is 7. The lowest BCUT2D eigenvalue weighted by molar-refractivity contribution is -0.304. The molecule has 1 aromatic carbocycles. The molecule has 1 N–H and O–H groups in total. The van der Waals surface area contributed by atoms with Gasteiger partial charge in [-0.2, -0.15) is 0 Å². The number of carbonyl (C=O) groups is 2. The molecule has 6 nitrogen and oxygen atoms in total. The van der Waals surface area contributed by atoms with Gasteiger partial charge in [0.05, 0.1) is 6.61 Å². The maximum atomic E-state index is 12.5. The highest BCUT2D eigenvalue weighted by atomic mass is 19.4. The number of ketones is 1. The Balaban J connectivity index is 1.80. The fourth-order valence-electron chi connectivity index (χ4n) is 2.86. The number of alkyl halides is 3. The van der Waals surface area contributed by atoms with Crippen molar-refractivity contribution in [1.82, 2.24) is 5.32 Å². The number of nitrogens with one attached hydrogen (secondary N) is 1. The van der Waals surface area contributed by atoms with Crippen LogP contribution in [0.4, 0.5) is 13.2 Å². The summed E-state index contributed by atoms with van der Waals surface area (Å²) < 4.78 is 51.6. The first-order valence-corrected chi connectivity index (χ1v) is 9.23. The first kappa shape index (κ1) is 23.2. The average Bonchev–Trinajstić information content (AvgIpc) is 2.58. The summed E-state index contributed by atoms with van der Waals surface area (Å²) in [4.78, 5) is 24.6. The van der Waals surface area contributed by atoms with Gasteiger partial charge in [-0.25, -0.2) is 0 Å². The molecule has 2 rings (SSSR count). The van der Waals surface area contributed by atoms with Crippen LogP contribution in [0.2, 0.25) is 0 Å². The molecule has 1 amide bonds. The van der Waals surface area contributed by atoms with Crippen LogP contribution in [0.15, 0.2) is 24.3 Å². The van der Waals surface area contributed by atoms with E-state index in [9.17, 15) is 22.8 Å². The van der Waals surface area contributed by atoms with Gasteiger partial charge in [0.2, 0.25) is 5.91 Å². The maximum absolute atomic E-state index is 12.5. The summed E-state index contributed by atoms with van der Waals surface area (Å²) in [5, 5.41) is 2.71. The minimum atomic E-state index is -4.76. The van der Waals surface area contributed by atoms with Crippen LogP contribution in [-0.4, -0.2) is 43.1 Å². The van der Waals surface area contributed by atoms with Gasteiger partial charge in [-0.05, 0) is 31.5 Å². The van der Waals surface area contributed by atoms with E-state index in [4.69, 9.17) is 9.47 Å². The smallest absolute Gasteiger partial charge is 0.406 e. The Morgan fingerprint density at radius 1 is 1.17 bits per heavy atom. The molecule has 0 unspecified atom stereocenters. The van der Waals surface area contributed by atoms with Crippen LogP contribution in [0.3, 0.4) is 0 Å². The molecule has 9 heteroatoms. The maximum Gasteiger partial charge on any atom is 0.573 e. The third kappa shape index (κ3) is 7.32. The Labute approximate surface area is 167 Å². The van der Waals surface area contributed by atoms with Crippen LogP contribution in [0.1, 0.15) is 39.7 Å². The summed E-state index contributed by atoms with van der Waals surface area (Å²) in [6.45, 7) is 7.71. The molecular weight excluding hydrogens is 391 g/mol. The lowest BCUT2D eigenvalue weighted by atomic mass is 9.85. The number of hydrogen-bond donors (Lipinski definition) is 1. The molecule has 1 aliphatic heterocycles. The van der Waals surface area contributed by atoms with Crippen LogP contribution in [0.5, 0.6) is 5.75 Å².